The molecule has 1 aromatic heterocycles. The number of carboxylic acids is 1. The summed E-state index contributed by atoms with van der Waals surface area (Å²) in [7, 11) is 0. The molecule has 0 spiro atoms. The van der Waals surface area contributed by atoms with Crippen LogP contribution in [0.5, 0.6) is 11.6 Å². The van der Waals surface area contributed by atoms with Crippen molar-refractivity contribution >= 4 is 5.97 Å². The van der Waals surface area contributed by atoms with E-state index in [9.17, 15) is 4.79 Å². The fourth-order valence-corrected chi connectivity index (χ4v) is 1.14. The van der Waals surface area contributed by atoms with Crippen molar-refractivity contribution in [2.75, 3.05) is 13.2 Å². The molecule has 0 radical (unpaired) electrons. The zero-order valence-electron chi connectivity index (χ0n) is 9.18. The third-order valence-electron chi connectivity index (χ3n) is 1.81. The first kappa shape index (κ1) is 12.3. The van der Waals surface area contributed by atoms with Gasteiger partial charge in [-0.15, -0.1) is 0 Å². The standard InChI is InChI=1S/C11H15NO4/c1-2-15-9-5-3-7-12-11(9)16-8-4-6-10(13)14/h3,5,7H,2,4,6,8H2,1H3,(H,13,14). The van der Waals surface area contributed by atoms with Crippen LogP contribution >= 0.6 is 0 Å². The summed E-state index contributed by atoms with van der Waals surface area (Å²) in [6.07, 6.45) is 2.16. The summed E-state index contributed by atoms with van der Waals surface area (Å²) in [6, 6.07) is 3.53. The van der Waals surface area contributed by atoms with Gasteiger partial charge in [0.2, 0.25) is 0 Å². The molecule has 1 aromatic rings. The number of aromatic nitrogens is 1. The van der Waals surface area contributed by atoms with E-state index >= 15 is 0 Å². The SMILES string of the molecule is CCOc1cccnc1OCCCC(=O)O. The fraction of sp³-hybridized carbons (Fsp3) is 0.455. The normalized spacial score (nSPS) is 9.81. The lowest BCUT2D eigenvalue weighted by atomic mass is 10.3. The highest BCUT2D eigenvalue weighted by Crippen LogP contribution is 2.23. The maximum Gasteiger partial charge on any atom is 0.303 e. The lowest BCUT2D eigenvalue weighted by molar-refractivity contribution is -0.137. The number of ether oxygens (including phenoxy) is 2. The smallest absolute Gasteiger partial charge is 0.303 e. The number of rotatable bonds is 7. The van der Waals surface area contributed by atoms with Crippen LogP contribution in [0.2, 0.25) is 0 Å². The fourth-order valence-electron chi connectivity index (χ4n) is 1.14. The lowest BCUT2D eigenvalue weighted by Gasteiger charge is -2.09. The van der Waals surface area contributed by atoms with Gasteiger partial charge in [0.05, 0.1) is 13.2 Å². The van der Waals surface area contributed by atoms with Gasteiger partial charge in [0.15, 0.2) is 5.75 Å². The zero-order valence-corrected chi connectivity index (χ0v) is 9.18. The molecule has 0 bridgehead atoms. The molecule has 0 aliphatic rings. The van der Waals surface area contributed by atoms with Gasteiger partial charge < -0.3 is 14.6 Å². The van der Waals surface area contributed by atoms with Crippen molar-refractivity contribution < 1.29 is 19.4 Å². The average Bonchev–Trinajstić information content (AvgIpc) is 2.26. The zero-order chi connectivity index (χ0) is 11.8. The van der Waals surface area contributed by atoms with E-state index in [0.29, 0.717) is 31.3 Å². The quantitative estimate of drug-likeness (QED) is 0.715. The minimum Gasteiger partial charge on any atom is -0.488 e. The maximum absolute atomic E-state index is 10.3. The Bertz CT molecular complexity index is 341. The second-order valence-corrected chi connectivity index (χ2v) is 3.09. The second-order valence-electron chi connectivity index (χ2n) is 3.09. The molecule has 1 N–H and O–H groups in total. The lowest BCUT2D eigenvalue weighted by Crippen LogP contribution is -2.04. The van der Waals surface area contributed by atoms with Crippen molar-refractivity contribution in [3.63, 3.8) is 0 Å². The van der Waals surface area contributed by atoms with Crippen LogP contribution in [-0.4, -0.2) is 29.3 Å². The van der Waals surface area contributed by atoms with E-state index in [2.05, 4.69) is 4.98 Å². The molecule has 1 rings (SSSR count). The summed E-state index contributed by atoms with van der Waals surface area (Å²) in [5.74, 6) is 0.171. The summed E-state index contributed by atoms with van der Waals surface area (Å²) in [6.45, 7) is 2.74. The number of aliphatic carboxylic acids is 1. The van der Waals surface area contributed by atoms with E-state index in [1.165, 1.54) is 0 Å². The van der Waals surface area contributed by atoms with Gasteiger partial charge in [-0.2, -0.15) is 0 Å². The van der Waals surface area contributed by atoms with Crippen LogP contribution in [0.1, 0.15) is 19.8 Å². The predicted octanol–water partition coefficient (Wildman–Crippen LogP) is 1.72. The van der Waals surface area contributed by atoms with E-state index in [0.717, 1.165) is 0 Å². The summed E-state index contributed by atoms with van der Waals surface area (Å²) < 4.78 is 10.7. The predicted molar refractivity (Wildman–Crippen MR) is 57.8 cm³/mol. The van der Waals surface area contributed by atoms with Crippen LogP contribution in [0, 0.1) is 0 Å². The van der Waals surface area contributed by atoms with Crippen molar-refractivity contribution in [2.45, 2.75) is 19.8 Å². The third kappa shape index (κ3) is 4.16. The molecule has 0 saturated carbocycles. The molecule has 16 heavy (non-hydrogen) atoms. The monoisotopic (exact) mass is 225 g/mol. The van der Waals surface area contributed by atoms with Crippen LogP contribution in [-0.2, 0) is 4.79 Å². The Morgan fingerprint density at radius 3 is 3.00 bits per heavy atom. The molecule has 0 amide bonds. The molecular weight excluding hydrogens is 210 g/mol. The van der Waals surface area contributed by atoms with Crippen molar-refractivity contribution in [2.24, 2.45) is 0 Å². The largest absolute Gasteiger partial charge is 0.488 e. The van der Waals surface area contributed by atoms with E-state index in [1.807, 2.05) is 6.92 Å². The van der Waals surface area contributed by atoms with Crippen LogP contribution in [0.15, 0.2) is 18.3 Å². The van der Waals surface area contributed by atoms with Gasteiger partial charge in [0.25, 0.3) is 5.88 Å². The number of hydrogen-bond acceptors (Lipinski definition) is 4. The second kappa shape index (κ2) is 6.66. The first-order chi connectivity index (χ1) is 7.74. The van der Waals surface area contributed by atoms with Gasteiger partial charge in [-0.25, -0.2) is 4.98 Å². The number of carbonyl (C=O) groups is 1. The van der Waals surface area contributed by atoms with Gasteiger partial charge in [0.1, 0.15) is 0 Å². The molecule has 5 nitrogen and oxygen atoms in total. The van der Waals surface area contributed by atoms with E-state index in [-0.39, 0.29) is 6.42 Å². The van der Waals surface area contributed by atoms with Crippen molar-refractivity contribution in [1.82, 2.24) is 4.98 Å². The van der Waals surface area contributed by atoms with E-state index in [4.69, 9.17) is 14.6 Å². The van der Waals surface area contributed by atoms with E-state index < -0.39 is 5.97 Å². The maximum atomic E-state index is 10.3. The Morgan fingerprint density at radius 1 is 1.50 bits per heavy atom. The Morgan fingerprint density at radius 2 is 2.31 bits per heavy atom. The summed E-state index contributed by atoms with van der Waals surface area (Å²) in [4.78, 5) is 14.3. The van der Waals surface area contributed by atoms with Gasteiger partial charge >= 0.3 is 5.97 Å². The molecular formula is C11H15NO4. The molecule has 5 heteroatoms. The van der Waals surface area contributed by atoms with Gasteiger partial charge in [-0.05, 0) is 25.5 Å². The first-order valence-corrected chi connectivity index (χ1v) is 5.16. The highest BCUT2D eigenvalue weighted by Gasteiger charge is 2.05. The molecule has 0 atom stereocenters. The van der Waals surface area contributed by atoms with Crippen molar-refractivity contribution in [1.29, 1.82) is 0 Å². The van der Waals surface area contributed by atoms with Crippen molar-refractivity contribution in [3.05, 3.63) is 18.3 Å². The molecule has 0 saturated heterocycles. The molecule has 0 aliphatic carbocycles. The summed E-state index contributed by atoms with van der Waals surface area (Å²) in [5.41, 5.74) is 0. The topological polar surface area (TPSA) is 68.7 Å². The number of nitrogens with zero attached hydrogens (tertiary/aromatic N) is 1. The summed E-state index contributed by atoms with van der Waals surface area (Å²) in [5, 5.41) is 8.45. The molecule has 0 fully saturated rings. The number of carboxylic acid groups (broad SMARTS) is 1. The third-order valence-corrected chi connectivity index (χ3v) is 1.81. The van der Waals surface area contributed by atoms with Gasteiger partial charge in [-0.3, -0.25) is 4.79 Å². The Balaban J connectivity index is 2.43. The van der Waals surface area contributed by atoms with Crippen LogP contribution < -0.4 is 9.47 Å². The Kier molecular flexibility index (Phi) is 5.11. The number of hydrogen-bond donors (Lipinski definition) is 1. The minimum absolute atomic E-state index is 0.0940. The first-order valence-electron chi connectivity index (χ1n) is 5.16. The van der Waals surface area contributed by atoms with Crippen LogP contribution in [0.3, 0.4) is 0 Å². The highest BCUT2D eigenvalue weighted by atomic mass is 16.5. The van der Waals surface area contributed by atoms with Crippen LogP contribution in [0.4, 0.5) is 0 Å². The molecule has 0 aromatic carbocycles. The van der Waals surface area contributed by atoms with E-state index in [1.54, 1.807) is 18.3 Å². The molecule has 0 unspecified atom stereocenters. The molecule has 0 aliphatic heterocycles. The molecule has 88 valence electrons. The van der Waals surface area contributed by atoms with Gasteiger partial charge in [-0.1, -0.05) is 0 Å². The summed E-state index contributed by atoms with van der Waals surface area (Å²) >= 11 is 0. The Hall–Kier alpha value is -1.78. The Labute approximate surface area is 94.0 Å². The average molecular weight is 225 g/mol. The van der Waals surface area contributed by atoms with Gasteiger partial charge in [0, 0.05) is 12.6 Å². The van der Waals surface area contributed by atoms with Crippen molar-refractivity contribution in [3.8, 4) is 11.6 Å². The number of pyridine rings is 1. The highest BCUT2D eigenvalue weighted by molar-refractivity contribution is 5.66. The minimum atomic E-state index is -0.824. The molecule has 1 heterocycles. The van der Waals surface area contributed by atoms with Crippen LogP contribution in [0.25, 0.3) is 0 Å².